The lowest BCUT2D eigenvalue weighted by Crippen LogP contribution is -2.12. The summed E-state index contributed by atoms with van der Waals surface area (Å²) in [4.78, 5) is 17.9. The molecule has 1 aliphatic heterocycles. The molecule has 1 aromatic heterocycles. The highest BCUT2D eigenvalue weighted by molar-refractivity contribution is 7.15. The molecule has 4 nitrogen and oxygen atoms in total. The molecule has 0 atom stereocenters. The number of nitrogens with zero attached hydrogens (tertiary/aromatic N) is 1. The number of hydrogen-bond acceptors (Lipinski definition) is 4. The molecule has 0 saturated carbocycles. The van der Waals surface area contributed by atoms with Crippen LogP contribution in [0.15, 0.2) is 18.2 Å². The molecule has 0 unspecified atom stereocenters. The first kappa shape index (κ1) is 13.1. The van der Waals surface area contributed by atoms with Gasteiger partial charge < -0.3 is 5.32 Å². The zero-order chi connectivity index (χ0) is 14.1. The zero-order valence-corrected chi connectivity index (χ0v) is 12.4. The highest BCUT2D eigenvalue weighted by atomic mass is 32.1. The molecular formula is C15H17N3OS. The minimum absolute atomic E-state index is 0.0992. The Kier molecular flexibility index (Phi) is 3.44. The smallest absolute Gasteiger partial charge is 0.257 e. The second kappa shape index (κ2) is 5.25. The van der Waals surface area contributed by atoms with Gasteiger partial charge in [0.15, 0.2) is 5.13 Å². The lowest BCUT2D eigenvalue weighted by atomic mass is 10.1. The van der Waals surface area contributed by atoms with E-state index in [2.05, 4.69) is 22.5 Å². The Labute approximate surface area is 122 Å². The van der Waals surface area contributed by atoms with E-state index in [0.717, 1.165) is 30.8 Å². The first-order chi connectivity index (χ1) is 9.67. The molecule has 2 N–H and O–H groups in total. The molecule has 1 aliphatic rings. The van der Waals surface area contributed by atoms with Gasteiger partial charge in [0.25, 0.3) is 5.91 Å². The van der Waals surface area contributed by atoms with Crippen molar-refractivity contribution in [3.8, 4) is 0 Å². The molecule has 5 heteroatoms. The number of thiazole rings is 1. The molecule has 104 valence electrons. The van der Waals surface area contributed by atoms with Gasteiger partial charge in [-0.05, 0) is 37.5 Å². The van der Waals surface area contributed by atoms with Crippen molar-refractivity contribution in [1.82, 2.24) is 4.98 Å². The molecule has 2 aromatic rings. The number of carbonyl (C=O) groups excluding carboxylic acids is 1. The van der Waals surface area contributed by atoms with Crippen LogP contribution >= 0.6 is 11.3 Å². The van der Waals surface area contributed by atoms with Crippen LogP contribution < -0.4 is 10.6 Å². The van der Waals surface area contributed by atoms with Gasteiger partial charge in [-0.25, -0.2) is 4.98 Å². The van der Waals surface area contributed by atoms with Crippen molar-refractivity contribution in [3.05, 3.63) is 39.9 Å². The number of nitrogens with one attached hydrogen (secondary N) is 2. The van der Waals surface area contributed by atoms with Crippen molar-refractivity contribution >= 4 is 28.1 Å². The van der Waals surface area contributed by atoms with E-state index >= 15 is 0 Å². The summed E-state index contributed by atoms with van der Waals surface area (Å²) >= 11 is 1.53. The third-order valence-electron chi connectivity index (χ3n) is 3.53. The molecule has 20 heavy (non-hydrogen) atoms. The monoisotopic (exact) mass is 287 g/mol. The van der Waals surface area contributed by atoms with Crippen molar-refractivity contribution in [1.29, 1.82) is 0 Å². The fraction of sp³-hybridized carbons (Fsp3) is 0.333. The van der Waals surface area contributed by atoms with Crippen LogP contribution in [-0.2, 0) is 12.8 Å². The van der Waals surface area contributed by atoms with Gasteiger partial charge in [-0.15, -0.1) is 11.3 Å². The highest BCUT2D eigenvalue weighted by Crippen LogP contribution is 2.25. The van der Waals surface area contributed by atoms with E-state index in [9.17, 15) is 4.79 Å². The Bertz CT molecular complexity index is 663. The average Bonchev–Trinajstić information content (AvgIpc) is 3.03. The van der Waals surface area contributed by atoms with Gasteiger partial charge in [-0.3, -0.25) is 10.1 Å². The fourth-order valence-electron chi connectivity index (χ4n) is 2.41. The number of hydrogen-bond donors (Lipinski definition) is 2. The van der Waals surface area contributed by atoms with E-state index in [1.54, 1.807) is 0 Å². The van der Waals surface area contributed by atoms with Crippen molar-refractivity contribution in [2.75, 3.05) is 17.2 Å². The molecule has 0 bridgehead atoms. The van der Waals surface area contributed by atoms with Crippen LogP contribution in [0.1, 0.15) is 33.4 Å². The normalized spacial score (nSPS) is 12.9. The zero-order valence-electron chi connectivity index (χ0n) is 11.6. The number of rotatable bonds is 3. The Hall–Kier alpha value is -1.88. The number of anilines is 2. The second-order valence-corrected chi connectivity index (χ2v) is 6.08. The number of benzene rings is 1. The Balaban J connectivity index is 1.78. The third-order valence-corrected chi connectivity index (χ3v) is 4.46. The van der Waals surface area contributed by atoms with Crippen LogP contribution in [0.25, 0.3) is 0 Å². The van der Waals surface area contributed by atoms with Gasteiger partial charge in [-0.1, -0.05) is 13.0 Å². The maximum absolute atomic E-state index is 12.3. The summed E-state index contributed by atoms with van der Waals surface area (Å²) in [5.74, 6) is -0.0992. The summed E-state index contributed by atoms with van der Waals surface area (Å²) in [6, 6.07) is 5.82. The van der Waals surface area contributed by atoms with E-state index in [1.807, 2.05) is 25.1 Å². The molecule has 0 radical (unpaired) electrons. The summed E-state index contributed by atoms with van der Waals surface area (Å²) in [6.07, 6.45) is 1.92. The van der Waals surface area contributed by atoms with Gasteiger partial charge in [0.1, 0.15) is 0 Å². The maximum atomic E-state index is 12.3. The number of aryl methyl sites for hydroxylation is 2. The van der Waals surface area contributed by atoms with E-state index in [0.29, 0.717) is 10.7 Å². The predicted molar refractivity (Wildman–Crippen MR) is 82.8 cm³/mol. The first-order valence-corrected chi connectivity index (χ1v) is 7.63. The predicted octanol–water partition coefficient (Wildman–Crippen LogP) is 3.23. The summed E-state index contributed by atoms with van der Waals surface area (Å²) < 4.78 is 0. The van der Waals surface area contributed by atoms with Crippen LogP contribution in [0.3, 0.4) is 0 Å². The number of amides is 1. The van der Waals surface area contributed by atoms with E-state index in [1.165, 1.54) is 21.8 Å². The Morgan fingerprint density at radius 3 is 3.10 bits per heavy atom. The van der Waals surface area contributed by atoms with Crippen LogP contribution in [-0.4, -0.2) is 17.4 Å². The number of carbonyl (C=O) groups is 1. The quantitative estimate of drug-likeness (QED) is 0.911. The minimum Gasteiger partial charge on any atom is -0.384 e. The maximum Gasteiger partial charge on any atom is 0.257 e. The molecule has 0 aliphatic carbocycles. The highest BCUT2D eigenvalue weighted by Gasteiger charge is 2.15. The fourth-order valence-corrected chi connectivity index (χ4v) is 3.31. The Morgan fingerprint density at radius 2 is 2.35 bits per heavy atom. The molecule has 2 heterocycles. The SMILES string of the molecule is CCc1nc(NC(=O)c2ccc3c(c2)NCC3)sc1C. The molecule has 1 aromatic carbocycles. The molecule has 0 fully saturated rings. The van der Waals surface area contributed by atoms with Crippen LogP contribution in [0, 0.1) is 6.92 Å². The number of aromatic nitrogens is 1. The van der Waals surface area contributed by atoms with Gasteiger partial charge in [-0.2, -0.15) is 0 Å². The van der Waals surface area contributed by atoms with E-state index in [-0.39, 0.29) is 5.91 Å². The van der Waals surface area contributed by atoms with Crippen molar-refractivity contribution < 1.29 is 4.79 Å². The van der Waals surface area contributed by atoms with Gasteiger partial charge in [0.2, 0.25) is 0 Å². The van der Waals surface area contributed by atoms with Crippen LogP contribution in [0.2, 0.25) is 0 Å². The lowest BCUT2D eigenvalue weighted by Gasteiger charge is -2.04. The van der Waals surface area contributed by atoms with Crippen LogP contribution in [0.4, 0.5) is 10.8 Å². The molecular weight excluding hydrogens is 270 g/mol. The lowest BCUT2D eigenvalue weighted by molar-refractivity contribution is 0.102. The van der Waals surface area contributed by atoms with Crippen molar-refractivity contribution in [2.45, 2.75) is 26.7 Å². The largest absolute Gasteiger partial charge is 0.384 e. The van der Waals surface area contributed by atoms with Gasteiger partial charge in [0.05, 0.1) is 5.69 Å². The molecule has 1 amide bonds. The number of fused-ring (bicyclic) bond motifs is 1. The summed E-state index contributed by atoms with van der Waals surface area (Å²) in [7, 11) is 0. The summed E-state index contributed by atoms with van der Waals surface area (Å²) in [5, 5.41) is 6.85. The second-order valence-electron chi connectivity index (χ2n) is 4.88. The molecule has 0 spiro atoms. The third kappa shape index (κ3) is 2.41. The van der Waals surface area contributed by atoms with E-state index < -0.39 is 0 Å². The van der Waals surface area contributed by atoms with Crippen LogP contribution in [0.5, 0.6) is 0 Å². The molecule has 3 rings (SSSR count). The standard InChI is InChI=1S/C15H17N3OS/c1-3-12-9(2)20-15(17-12)18-14(19)11-5-4-10-6-7-16-13(10)8-11/h4-5,8,16H,3,6-7H2,1-2H3,(H,17,18,19). The van der Waals surface area contributed by atoms with Crippen molar-refractivity contribution in [3.63, 3.8) is 0 Å². The molecule has 0 saturated heterocycles. The van der Waals surface area contributed by atoms with E-state index in [4.69, 9.17) is 0 Å². The van der Waals surface area contributed by atoms with Gasteiger partial charge in [0, 0.05) is 22.7 Å². The summed E-state index contributed by atoms with van der Waals surface area (Å²) in [5.41, 5.74) is 4.08. The van der Waals surface area contributed by atoms with Gasteiger partial charge >= 0.3 is 0 Å². The summed E-state index contributed by atoms with van der Waals surface area (Å²) in [6.45, 7) is 5.05. The first-order valence-electron chi connectivity index (χ1n) is 6.82. The topological polar surface area (TPSA) is 54.0 Å². The minimum atomic E-state index is -0.0992. The average molecular weight is 287 g/mol. The Morgan fingerprint density at radius 1 is 1.50 bits per heavy atom. The van der Waals surface area contributed by atoms with Crippen molar-refractivity contribution in [2.24, 2.45) is 0 Å².